The predicted molar refractivity (Wildman–Crippen MR) is 82.0 cm³/mol. The molecule has 2 N–H and O–H groups in total. The molecule has 0 saturated carbocycles. The number of nitrogens with one attached hydrogen (secondary N) is 2. The first-order valence-electron chi connectivity index (χ1n) is 7.17. The first-order valence-corrected chi connectivity index (χ1v) is 7.17. The highest BCUT2D eigenvalue weighted by atomic mass is 16.5. The lowest BCUT2D eigenvalue weighted by Crippen LogP contribution is -2.52. The molecule has 1 rings (SSSR count). The van der Waals surface area contributed by atoms with Crippen LogP contribution < -0.4 is 10.6 Å². The van der Waals surface area contributed by atoms with Gasteiger partial charge in [-0.25, -0.2) is 4.79 Å². The van der Waals surface area contributed by atoms with E-state index >= 15 is 0 Å². The highest BCUT2D eigenvalue weighted by Gasteiger charge is 2.25. The Bertz CT molecular complexity index is 516. The normalized spacial score (nSPS) is 12.9. The maximum atomic E-state index is 12.3. The van der Waals surface area contributed by atoms with Gasteiger partial charge in [0.05, 0.1) is 7.11 Å². The minimum atomic E-state index is -0.737. The largest absolute Gasteiger partial charge is 0.467 e. The van der Waals surface area contributed by atoms with E-state index in [1.807, 2.05) is 30.3 Å². The van der Waals surface area contributed by atoms with Crippen LogP contribution in [0.3, 0.4) is 0 Å². The van der Waals surface area contributed by atoms with E-state index in [1.165, 1.54) is 14.0 Å². The molecule has 0 aromatic heterocycles. The molecule has 1 aromatic carbocycles. The van der Waals surface area contributed by atoms with Crippen LogP contribution in [0.4, 0.5) is 0 Å². The van der Waals surface area contributed by atoms with E-state index in [9.17, 15) is 14.4 Å². The van der Waals surface area contributed by atoms with E-state index in [-0.39, 0.29) is 5.91 Å². The maximum Gasteiger partial charge on any atom is 0.328 e. The Labute approximate surface area is 130 Å². The van der Waals surface area contributed by atoms with Crippen molar-refractivity contribution in [3.05, 3.63) is 35.9 Å². The zero-order chi connectivity index (χ0) is 16.5. The molecule has 0 aliphatic heterocycles. The Hall–Kier alpha value is -2.37. The third-order valence-corrected chi connectivity index (χ3v) is 3.19. The SMILES string of the molecule is CC[C@@H](NC(=O)[C@@H](Cc1ccccc1)NC(C)=O)C(=O)OC. The van der Waals surface area contributed by atoms with E-state index in [1.54, 1.807) is 6.92 Å². The van der Waals surface area contributed by atoms with Crippen molar-refractivity contribution in [1.82, 2.24) is 10.6 Å². The van der Waals surface area contributed by atoms with Crippen molar-refractivity contribution >= 4 is 17.8 Å². The summed E-state index contributed by atoms with van der Waals surface area (Å²) in [5.41, 5.74) is 0.919. The van der Waals surface area contributed by atoms with E-state index in [4.69, 9.17) is 0 Å². The molecule has 2 atom stereocenters. The first-order chi connectivity index (χ1) is 10.5. The average Bonchev–Trinajstić information content (AvgIpc) is 2.51. The highest BCUT2D eigenvalue weighted by Crippen LogP contribution is 2.05. The fraction of sp³-hybridized carbons (Fsp3) is 0.438. The molecule has 0 spiro atoms. The molecule has 0 saturated heterocycles. The number of hydrogen-bond acceptors (Lipinski definition) is 4. The molecule has 0 fully saturated rings. The lowest BCUT2D eigenvalue weighted by atomic mass is 10.0. The van der Waals surface area contributed by atoms with Crippen molar-refractivity contribution < 1.29 is 19.1 Å². The minimum absolute atomic E-state index is 0.304. The van der Waals surface area contributed by atoms with E-state index in [0.717, 1.165) is 5.56 Å². The molecule has 2 amide bonds. The van der Waals surface area contributed by atoms with Gasteiger partial charge in [-0.05, 0) is 12.0 Å². The summed E-state index contributed by atoms with van der Waals surface area (Å²) in [4.78, 5) is 35.2. The van der Waals surface area contributed by atoms with Gasteiger partial charge in [-0.2, -0.15) is 0 Å². The molecule has 22 heavy (non-hydrogen) atoms. The van der Waals surface area contributed by atoms with Crippen molar-refractivity contribution in [2.24, 2.45) is 0 Å². The summed E-state index contributed by atoms with van der Waals surface area (Å²) in [6.45, 7) is 3.12. The van der Waals surface area contributed by atoms with E-state index in [2.05, 4.69) is 15.4 Å². The monoisotopic (exact) mass is 306 g/mol. The molecular weight excluding hydrogens is 284 g/mol. The molecule has 0 radical (unpaired) electrons. The van der Waals surface area contributed by atoms with Crippen LogP contribution in [0.5, 0.6) is 0 Å². The zero-order valence-corrected chi connectivity index (χ0v) is 13.1. The van der Waals surface area contributed by atoms with Gasteiger partial charge in [0.1, 0.15) is 12.1 Å². The Morgan fingerprint density at radius 3 is 2.23 bits per heavy atom. The van der Waals surface area contributed by atoms with Gasteiger partial charge >= 0.3 is 5.97 Å². The zero-order valence-electron chi connectivity index (χ0n) is 13.1. The molecule has 120 valence electrons. The Kier molecular flexibility index (Phi) is 7.08. The van der Waals surface area contributed by atoms with Gasteiger partial charge in [-0.3, -0.25) is 9.59 Å². The van der Waals surface area contributed by atoms with Crippen LogP contribution in [0, 0.1) is 0 Å². The summed E-state index contributed by atoms with van der Waals surface area (Å²) in [5, 5.41) is 5.23. The lowest BCUT2D eigenvalue weighted by molar-refractivity contribution is -0.145. The van der Waals surface area contributed by atoms with Crippen LogP contribution in [0.25, 0.3) is 0 Å². The number of hydrogen-bond donors (Lipinski definition) is 2. The average molecular weight is 306 g/mol. The Morgan fingerprint density at radius 1 is 1.09 bits per heavy atom. The third-order valence-electron chi connectivity index (χ3n) is 3.19. The summed E-state index contributed by atoms with van der Waals surface area (Å²) in [6.07, 6.45) is 0.764. The molecule has 0 aliphatic rings. The van der Waals surface area contributed by atoms with Crippen molar-refractivity contribution in [2.45, 2.75) is 38.8 Å². The first kappa shape index (κ1) is 17.7. The Balaban J connectivity index is 2.79. The van der Waals surface area contributed by atoms with Gasteiger partial charge < -0.3 is 15.4 Å². The fourth-order valence-electron chi connectivity index (χ4n) is 2.05. The van der Waals surface area contributed by atoms with E-state index in [0.29, 0.717) is 12.8 Å². The molecule has 0 heterocycles. The number of carbonyl (C=O) groups excluding carboxylic acids is 3. The van der Waals surface area contributed by atoms with Crippen molar-refractivity contribution in [1.29, 1.82) is 0 Å². The van der Waals surface area contributed by atoms with Crippen LogP contribution in [-0.4, -0.2) is 37.0 Å². The fourth-order valence-corrected chi connectivity index (χ4v) is 2.05. The van der Waals surface area contributed by atoms with Gasteiger partial charge in [0.2, 0.25) is 11.8 Å². The van der Waals surface area contributed by atoms with E-state index < -0.39 is 24.0 Å². The van der Waals surface area contributed by atoms with Crippen molar-refractivity contribution in [3.63, 3.8) is 0 Å². The number of rotatable bonds is 7. The highest BCUT2D eigenvalue weighted by molar-refractivity contribution is 5.90. The second kappa shape index (κ2) is 8.81. The van der Waals surface area contributed by atoms with Gasteiger partial charge in [0.25, 0.3) is 0 Å². The number of esters is 1. The number of carbonyl (C=O) groups is 3. The molecule has 0 bridgehead atoms. The number of methoxy groups -OCH3 is 1. The van der Waals surface area contributed by atoms with Crippen LogP contribution in [-0.2, 0) is 25.5 Å². The standard InChI is InChI=1S/C16H22N2O4/c1-4-13(16(21)22-3)18-15(20)14(17-11(2)19)10-12-8-6-5-7-9-12/h5-9,13-14H,4,10H2,1-3H3,(H,17,19)(H,18,20)/t13-,14-/m1/s1. The summed E-state index contributed by atoms with van der Waals surface area (Å²) in [6, 6.07) is 7.90. The second-order valence-corrected chi connectivity index (χ2v) is 4.94. The van der Waals surface area contributed by atoms with Gasteiger partial charge in [-0.1, -0.05) is 37.3 Å². The molecular formula is C16H22N2O4. The van der Waals surface area contributed by atoms with Crippen molar-refractivity contribution in [3.8, 4) is 0 Å². The quantitative estimate of drug-likeness (QED) is 0.730. The molecule has 0 unspecified atom stereocenters. The summed E-state index contributed by atoms with van der Waals surface area (Å²) < 4.78 is 4.64. The summed E-state index contributed by atoms with van der Waals surface area (Å²) in [7, 11) is 1.27. The smallest absolute Gasteiger partial charge is 0.328 e. The number of ether oxygens (including phenoxy) is 1. The summed E-state index contributed by atoms with van der Waals surface area (Å²) in [5.74, 6) is -1.21. The maximum absolute atomic E-state index is 12.3. The van der Waals surface area contributed by atoms with Crippen LogP contribution >= 0.6 is 0 Å². The molecule has 6 nitrogen and oxygen atoms in total. The number of amides is 2. The van der Waals surface area contributed by atoms with Gasteiger partial charge in [0, 0.05) is 13.3 Å². The third kappa shape index (κ3) is 5.55. The minimum Gasteiger partial charge on any atom is -0.467 e. The molecule has 0 aliphatic carbocycles. The lowest BCUT2D eigenvalue weighted by Gasteiger charge is -2.21. The molecule has 1 aromatic rings. The molecule has 6 heteroatoms. The second-order valence-electron chi connectivity index (χ2n) is 4.94. The van der Waals surface area contributed by atoms with Gasteiger partial charge in [0.15, 0.2) is 0 Å². The van der Waals surface area contributed by atoms with Gasteiger partial charge in [-0.15, -0.1) is 0 Å². The summed E-state index contributed by atoms with van der Waals surface area (Å²) >= 11 is 0. The van der Waals surface area contributed by atoms with Crippen LogP contribution in [0.1, 0.15) is 25.8 Å². The Morgan fingerprint density at radius 2 is 1.73 bits per heavy atom. The van der Waals surface area contributed by atoms with Crippen LogP contribution in [0.2, 0.25) is 0 Å². The number of benzene rings is 1. The predicted octanol–water partition coefficient (Wildman–Crippen LogP) is 0.802. The van der Waals surface area contributed by atoms with Crippen LogP contribution in [0.15, 0.2) is 30.3 Å². The van der Waals surface area contributed by atoms with Crippen molar-refractivity contribution in [2.75, 3.05) is 7.11 Å². The topological polar surface area (TPSA) is 84.5 Å².